The Kier molecular flexibility index (Phi) is 8.30. The van der Waals surface area contributed by atoms with E-state index in [1.165, 1.54) is 40.9 Å². The Balaban J connectivity index is 0. The van der Waals surface area contributed by atoms with Crippen molar-refractivity contribution in [3.63, 3.8) is 0 Å². The Bertz CT molecular complexity index is 757. The largest absolute Gasteiger partial charge is 1.00 e. The number of aromatic hydroxyl groups is 1. The van der Waals surface area contributed by atoms with Crippen molar-refractivity contribution < 1.29 is 86.6 Å². The molecule has 2 aliphatic heterocycles. The van der Waals surface area contributed by atoms with Crippen molar-refractivity contribution in [1.29, 1.82) is 0 Å². The zero-order chi connectivity index (χ0) is 18.5. The number of nitrogens with two attached hydrogens (primary N) is 1. The number of nitrogens with zero attached hydrogens (tertiary/aromatic N) is 1. The van der Waals surface area contributed by atoms with Crippen molar-refractivity contribution in [2.24, 2.45) is 5.73 Å². The van der Waals surface area contributed by atoms with Crippen molar-refractivity contribution >= 4 is 29.5 Å². The van der Waals surface area contributed by atoms with Crippen molar-refractivity contribution in [3.8, 4) is 5.75 Å². The van der Waals surface area contributed by atoms with E-state index >= 15 is 0 Å². The molecule has 2 aliphatic rings. The van der Waals surface area contributed by atoms with Crippen molar-refractivity contribution in [2.45, 2.75) is 42.1 Å². The van der Waals surface area contributed by atoms with Crippen molar-refractivity contribution in [1.82, 2.24) is 10.2 Å². The first kappa shape index (κ1) is 24.8. The van der Waals surface area contributed by atoms with Crippen LogP contribution in [0.2, 0.25) is 0 Å². The number of β-lactam (4-membered cyclic amide) rings is 1. The number of hydrogen-bond acceptors (Lipinski definition) is 6. The van der Waals surface area contributed by atoms with Gasteiger partial charge in [0.1, 0.15) is 29.2 Å². The van der Waals surface area contributed by atoms with E-state index < -0.39 is 46.0 Å². The number of benzene rings is 1. The first-order valence-electron chi connectivity index (χ1n) is 7.71. The maximum absolute atomic E-state index is 12.3. The minimum absolute atomic E-state index is 0. The van der Waals surface area contributed by atoms with Gasteiger partial charge in [0.15, 0.2) is 0 Å². The number of nitrogens with one attached hydrogen (secondary N) is 1. The average Bonchev–Trinajstić information content (AvgIpc) is 2.80. The van der Waals surface area contributed by atoms with Gasteiger partial charge in [-0.3, -0.25) is 9.59 Å². The molecule has 0 aliphatic carbocycles. The monoisotopic (exact) mass is 413 g/mol. The smallest absolute Gasteiger partial charge is 1.00 e. The summed E-state index contributed by atoms with van der Waals surface area (Å²) in [4.78, 5) is 37.5. The summed E-state index contributed by atoms with van der Waals surface area (Å²) in [5.41, 5.74) is 6.41. The van der Waals surface area contributed by atoms with Gasteiger partial charge in [-0.1, -0.05) is 12.1 Å². The van der Waals surface area contributed by atoms with Gasteiger partial charge in [-0.05, 0) is 31.5 Å². The molecule has 8 nitrogen and oxygen atoms in total. The number of carbonyl (C=O) groups is 3. The molecule has 2 amide bonds. The summed E-state index contributed by atoms with van der Waals surface area (Å²) < 4.78 is -0.648. The quantitative estimate of drug-likeness (QED) is 0.286. The van der Waals surface area contributed by atoms with Crippen LogP contribution in [-0.2, 0) is 14.4 Å². The molecule has 138 valence electrons. The molecule has 2 saturated heterocycles. The van der Waals surface area contributed by atoms with Crippen LogP contribution in [0.3, 0.4) is 0 Å². The summed E-state index contributed by atoms with van der Waals surface area (Å²) in [5, 5.41) is 20.9. The zero-order valence-corrected chi connectivity index (χ0v) is 20.5. The van der Waals surface area contributed by atoms with Crippen molar-refractivity contribution in [2.75, 3.05) is 0 Å². The van der Waals surface area contributed by atoms with E-state index in [0.717, 1.165) is 0 Å². The third kappa shape index (κ3) is 4.51. The van der Waals surface area contributed by atoms with E-state index in [9.17, 15) is 24.6 Å². The fourth-order valence-corrected chi connectivity index (χ4v) is 4.85. The van der Waals surface area contributed by atoms with Gasteiger partial charge >= 0.3 is 65.1 Å². The number of aliphatic carboxylic acids is 1. The molecular formula is C16H21N3Na2O5S. The summed E-state index contributed by atoms with van der Waals surface area (Å²) in [6, 6.07) is 3.21. The number of phenolic OH excluding ortho intramolecular Hbond substituents is 1. The summed E-state index contributed by atoms with van der Waals surface area (Å²) >= 11 is 1.35. The minimum atomic E-state index is -1.06. The molecule has 0 bridgehead atoms. The number of amides is 2. The van der Waals surface area contributed by atoms with Gasteiger partial charge in [0, 0.05) is 4.75 Å². The predicted molar refractivity (Wildman–Crippen MR) is 92.9 cm³/mol. The van der Waals surface area contributed by atoms with Gasteiger partial charge in [-0.25, -0.2) is 4.79 Å². The SMILES string of the molecule is CC1(C)S[C@@H]2[C@H](NC(=O)C(N)c3ccc(O)cc3)C(=O)N2[C@H]1C(=O)O.[H-].[H-].[Na+].[Na+]. The van der Waals surface area contributed by atoms with Gasteiger partial charge in [-0.15, -0.1) is 11.8 Å². The van der Waals surface area contributed by atoms with Crippen LogP contribution in [0.5, 0.6) is 5.75 Å². The maximum Gasteiger partial charge on any atom is 1.00 e. The second-order valence-electron chi connectivity index (χ2n) is 6.65. The summed E-state index contributed by atoms with van der Waals surface area (Å²) in [6.07, 6.45) is 0. The standard InChI is InChI=1S/C16H19N3O5S.2Na.2H/c1-16(2)11(15(23)24)19-13(22)10(14(19)25-16)18-12(21)9(17)7-3-5-8(20)6-4-7;;;;/h3-6,9-11,14,20H,17H2,1-2H3,(H,18,21)(H,23,24);;;;/q;2*+1;2*-1/t9?,10-,11+,14-;;;;/m1..../s1. The molecule has 0 spiro atoms. The molecular weight excluding hydrogens is 392 g/mol. The van der Waals surface area contributed by atoms with E-state index in [4.69, 9.17) is 5.73 Å². The van der Waals surface area contributed by atoms with Crippen LogP contribution in [0, 0.1) is 0 Å². The maximum atomic E-state index is 12.3. The Morgan fingerprint density at radius 3 is 2.37 bits per heavy atom. The Labute approximate surface area is 208 Å². The van der Waals surface area contributed by atoms with Crippen LogP contribution < -0.4 is 70.2 Å². The number of carboxylic acid groups (broad SMARTS) is 1. The molecule has 1 aromatic rings. The fraction of sp³-hybridized carbons (Fsp3) is 0.438. The number of carboxylic acids is 1. The third-order valence-electron chi connectivity index (χ3n) is 4.51. The first-order valence-corrected chi connectivity index (χ1v) is 8.59. The van der Waals surface area contributed by atoms with Crippen LogP contribution in [0.15, 0.2) is 24.3 Å². The molecule has 0 aromatic heterocycles. The summed E-state index contributed by atoms with van der Waals surface area (Å²) in [7, 11) is 0. The van der Waals surface area contributed by atoms with Crippen LogP contribution in [-0.4, -0.2) is 55.1 Å². The van der Waals surface area contributed by atoms with E-state index in [0.29, 0.717) is 5.56 Å². The van der Waals surface area contributed by atoms with E-state index in [1.54, 1.807) is 13.8 Å². The number of rotatable bonds is 4. The first-order chi connectivity index (χ1) is 11.6. The Morgan fingerprint density at radius 1 is 1.30 bits per heavy atom. The second kappa shape index (κ2) is 9.04. The normalized spacial score (nSPS) is 26.0. The van der Waals surface area contributed by atoms with Gasteiger partial charge < -0.3 is 29.0 Å². The van der Waals surface area contributed by atoms with E-state index in [-0.39, 0.29) is 67.7 Å². The van der Waals surface area contributed by atoms with Crippen LogP contribution >= 0.6 is 11.8 Å². The Hall–Kier alpha value is -0.260. The predicted octanol–water partition coefficient (Wildman–Crippen LogP) is -5.74. The topological polar surface area (TPSA) is 133 Å². The number of carbonyl (C=O) groups excluding carboxylic acids is 2. The fourth-order valence-electron chi connectivity index (χ4n) is 3.22. The molecule has 4 atom stereocenters. The van der Waals surface area contributed by atoms with Crippen LogP contribution in [0.25, 0.3) is 0 Å². The molecule has 27 heavy (non-hydrogen) atoms. The molecule has 1 unspecified atom stereocenters. The molecule has 0 radical (unpaired) electrons. The summed E-state index contributed by atoms with van der Waals surface area (Å²) in [6.45, 7) is 3.53. The van der Waals surface area contributed by atoms with Gasteiger partial charge in [-0.2, -0.15) is 0 Å². The number of phenols is 1. The zero-order valence-electron chi connectivity index (χ0n) is 17.7. The van der Waals surface area contributed by atoms with Gasteiger partial charge in [0.25, 0.3) is 0 Å². The molecule has 2 fully saturated rings. The second-order valence-corrected chi connectivity index (χ2v) is 8.42. The number of hydrogen-bond donors (Lipinski definition) is 4. The molecule has 1 aromatic carbocycles. The van der Waals surface area contributed by atoms with Crippen molar-refractivity contribution in [3.05, 3.63) is 29.8 Å². The summed E-state index contributed by atoms with van der Waals surface area (Å²) in [5.74, 6) is -1.94. The molecule has 0 saturated carbocycles. The van der Waals surface area contributed by atoms with Crippen LogP contribution in [0.1, 0.15) is 28.3 Å². The van der Waals surface area contributed by atoms with Gasteiger partial charge in [0.05, 0.1) is 0 Å². The molecule has 3 rings (SSSR count). The third-order valence-corrected chi connectivity index (χ3v) is 6.08. The van der Waals surface area contributed by atoms with Crippen LogP contribution in [0.4, 0.5) is 0 Å². The Morgan fingerprint density at radius 2 is 1.85 bits per heavy atom. The number of fused-ring (bicyclic) bond motifs is 1. The molecule has 2 heterocycles. The minimum Gasteiger partial charge on any atom is -1.00 e. The molecule has 11 heteroatoms. The average molecular weight is 413 g/mol. The van der Waals surface area contributed by atoms with Gasteiger partial charge in [0.2, 0.25) is 11.8 Å². The number of thioether (sulfide) groups is 1. The van der Waals surface area contributed by atoms with E-state index in [2.05, 4.69) is 5.32 Å². The molecule has 5 N–H and O–H groups in total. The van der Waals surface area contributed by atoms with E-state index in [1.807, 2.05) is 0 Å².